The standard InChI is InChI=1S/C20H25N3O3/c1-15(2)21-20(25)23-17-12-10-16(11-13-17)22-19(24)9-6-14-26-18-7-4-3-5-8-18/h3-5,7-8,10-13,15H,6,9,14H2,1-2H3,(H,22,24)(H2,21,23,25). The molecule has 0 fully saturated rings. The van der Waals surface area contributed by atoms with E-state index in [9.17, 15) is 9.59 Å². The summed E-state index contributed by atoms with van der Waals surface area (Å²) in [6.07, 6.45) is 1.01. The smallest absolute Gasteiger partial charge is 0.319 e. The molecule has 0 aromatic heterocycles. The molecule has 2 rings (SSSR count). The quantitative estimate of drug-likeness (QED) is 0.626. The zero-order valence-electron chi connectivity index (χ0n) is 15.1. The fourth-order valence-electron chi connectivity index (χ4n) is 2.23. The van der Waals surface area contributed by atoms with Crippen molar-refractivity contribution < 1.29 is 14.3 Å². The first-order valence-electron chi connectivity index (χ1n) is 8.68. The molecule has 3 N–H and O–H groups in total. The van der Waals surface area contributed by atoms with Crippen LogP contribution in [0.4, 0.5) is 16.2 Å². The predicted molar refractivity (Wildman–Crippen MR) is 104 cm³/mol. The van der Waals surface area contributed by atoms with Crippen LogP contribution in [0.3, 0.4) is 0 Å². The number of ether oxygens (including phenoxy) is 1. The van der Waals surface area contributed by atoms with Gasteiger partial charge in [-0.3, -0.25) is 4.79 Å². The molecule has 6 heteroatoms. The van der Waals surface area contributed by atoms with Crippen LogP contribution >= 0.6 is 0 Å². The SMILES string of the molecule is CC(C)NC(=O)Nc1ccc(NC(=O)CCCOc2ccccc2)cc1. The van der Waals surface area contributed by atoms with Crippen molar-refractivity contribution in [3.8, 4) is 5.75 Å². The lowest BCUT2D eigenvalue weighted by molar-refractivity contribution is -0.116. The minimum atomic E-state index is -0.254. The highest BCUT2D eigenvalue weighted by atomic mass is 16.5. The molecule has 0 aliphatic carbocycles. The third-order valence-corrected chi connectivity index (χ3v) is 3.41. The molecule has 0 radical (unpaired) electrons. The molecule has 138 valence electrons. The predicted octanol–water partition coefficient (Wildman–Crippen LogP) is 4.01. The van der Waals surface area contributed by atoms with E-state index < -0.39 is 0 Å². The zero-order valence-corrected chi connectivity index (χ0v) is 15.1. The number of amides is 3. The van der Waals surface area contributed by atoms with Crippen LogP contribution in [0.2, 0.25) is 0 Å². The van der Waals surface area contributed by atoms with Crippen LogP contribution in [-0.4, -0.2) is 24.6 Å². The maximum atomic E-state index is 12.0. The Morgan fingerprint density at radius 2 is 1.54 bits per heavy atom. The lowest BCUT2D eigenvalue weighted by Crippen LogP contribution is -2.34. The van der Waals surface area contributed by atoms with Crippen molar-refractivity contribution in [3.63, 3.8) is 0 Å². The summed E-state index contributed by atoms with van der Waals surface area (Å²) in [5.74, 6) is 0.734. The van der Waals surface area contributed by atoms with Gasteiger partial charge >= 0.3 is 6.03 Å². The topological polar surface area (TPSA) is 79.5 Å². The van der Waals surface area contributed by atoms with Crippen LogP contribution in [0, 0.1) is 0 Å². The Bertz CT molecular complexity index is 700. The third kappa shape index (κ3) is 7.25. The second-order valence-electron chi connectivity index (χ2n) is 6.14. The number of urea groups is 1. The van der Waals surface area contributed by atoms with Gasteiger partial charge < -0.3 is 20.7 Å². The van der Waals surface area contributed by atoms with Gasteiger partial charge in [0.25, 0.3) is 0 Å². The number of carbonyl (C=O) groups is 2. The van der Waals surface area contributed by atoms with Gasteiger partial charge in [0.1, 0.15) is 5.75 Å². The number of hydrogen-bond acceptors (Lipinski definition) is 3. The van der Waals surface area contributed by atoms with Crippen molar-refractivity contribution in [1.82, 2.24) is 5.32 Å². The molecule has 0 bridgehead atoms. The van der Waals surface area contributed by atoms with E-state index in [0.29, 0.717) is 30.8 Å². The molecule has 0 unspecified atom stereocenters. The first-order chi connectivity index (χ1) is 12.5. The van der Waals surface area contributed by atoms with Crippen molar-refractivity contribution in [3.05, 3.63) is 54.6 Å². The lowest BCUT2D eigenvalue weighted by atomic mass is 10.2. The fraction of sp³-hybridized carbons (Fsp3) is 0.300. The van der Waals surface area contributed by atoms with Crippen LogP contribution in [-0.2, 0) is 4.79 Å². The number of nitrogens with one attached hydrogen (secondary N) is 3. The molecular formula is C20H25N3O3. The van der Waals surface area contributed by atoms with Crippen LogP contribution in [0.15, 0.2) is 54.6 Å². The second-order valence-corrected chi connectivity index (χ2v) is 6.14. The summed E-state index contributed by atoms with van der Waals surface area (Å²) in [6, 6.07) is 16.3. The van der Waals surface area contributed by atoms with E-state index in [1.54, 1.807) is 24.3 Å². The van der Waals surface area contributed by atoms with Crippen molar-refractivity contribution in [1.29, 1.82) is 0 Å². The van der Waals surface area contributed by atoms with E-state index >= 15 is 0 Å². The highest BCUT2D eigenvalue weighted by molar-refractivity contribution is 5.92. The normalized spacial score (nSPS) is 10.3. The molecule has 0 aliphatic rings. The molecule has 0 heterocycles. The minimum absolute atomic E-state index is 0.0689. The summed E-state index contributed by atoms with van der Waals surface area (Å²) in [5.41, 5.74) is 1.35. The fourth-order valence-corrected chi connectivity index (χ4v) is 2.23. The Balaban J connectivity index is 1.69. The summed E-state index contributed by atoms with van der Waals surface area (Å²) in [7, 11) is 0. The average Bonchev–Trinajstić information content (AvgIpc) is 2.61. The molecule has 6 nitrogen and oxygen atoms in total. The van der Waals surface area contributed by atoms with E-state index in [4.69, 9.17) is 4.74 Å². The summed E-state index contributed by atoms with van der Waals surface area (Å²) in [5, 5.41) is 8.31. The summed E-state index contributed by atoms with van der Waals surface area (Å²) in [6.45, 7) is 4.28. The number of hydrogen-bond donors (Lipinski definition) is 3. The first-order valence-corrected chi connectivity index (χ1v) is 8.68. The van der Waals surface area contributed by atoms with Crippen LogP contribution in [0.5, 0.6) is 5.75 Å². The molecule has 0 aliphatic heterocycles. The first kappa shape index (κ1) is 19.3. The van der Waals surface area contributed by atoms with Crippen LogP contribution < -0.4 is 20.7 Å². The number of carbonyl (C=O) groups excluding carboxylic acids is 2. The monoisotopic (exact) mass is 355 g/mol. The highest BCUT2D eigenvalue weighted by Crippen LogP contribution is 2.14. The molecular weight excluding hydrogens is 330 g/mol. The molecule has 0 saturated carbocycles. The van der Waals surface area contributed by atoms with E-state index in [-0.39, 0.29) is 18.0 Å². The molecule has 26 heavy (non-hydrogen) atoms. The molecule has 2 aromatic carbocycles. The Morgan fingerprint density at radius 1 is 0.923 bits per heavy atom. The summed E-state index contributed by atoms with van der Waals surface area (Å²) in [4.78, 5) is 23.6. The van der Waals surface area contributed by atoms with Crippen molar-refractivity contribution in [2.45, 2.75) is 32.7 Å². The van der Waals surface area contributed by atoms with Crippen LogP contribution in [0.25, 0.3) is 0 Å². The number of anilines is 2. The Morgan fingerprint density at radius 3 is 2.15 bits per heavy atom. The third-order valence-electron chi connectivity index (χ3n) is 3.41. The van der Waals surface area contributed by atoms with E-state index in [2.05, 4.69) is 16.0 Å². The van der Waals surface area contributed by atoms with Gasteiger partial charge in [0.15, 0.2) is 0 Å². The van der Waals surface area contributed by atoms with E-state index in [0.717, 1.165) is 5.75 Å². The Kier molecular flexibility index (Phi) is 7.49. The largest absolute Gasteiger partial charge is 0.494 e. The number of para-hydroxylation sites is 1. The van der Waals surface area contributed by atoms with Crippen molar-refractivity contribution in [2.24, 2.45) is 0 Å². The molecule has 0 spiro atoms. The minimum Gasteiger partial charge on any atom is -0.494 e. The summed E-state index contributed by atoms with van der Waals surface area (Å²) < 4.78 is 5.56. The van der Waals surface area contributed by atoms with Crippen molar-refractivity contribution >= 4 is 23.3 Å². The molecule has 0 saturated heterocycles. The zero-order chi connectivity index (χ0) is 18.8. The number of benzene rings is 2. The van der Waals surface area contributed by atoms with E-state index in [1.165, 1.54) is 0 Å². The second kappa shape index (κ2) is 10.1. The van der Waals surface area contributed by atoms with Gasteiger partial charge in [-0.2, -0.15) is 0 Å². The lowest BCUT2D eigenvalue weighted by Gasteiger charge is -2.11. The van der Waals surface area contributed by atoms with Crippen molar-refractivity contribution in [2.75, 3.05) is 17.2 Å². The maximum absolute atomic E-state index is 12.0. The number of rotatable bonds is 8. The molecule has 2 aromatic rings. The summed E-state index contributed by atoms with van der Waals surface area (Å²) >= 11 is 0. The van der Waals surface area contributed by atoms with Crippen LogP contribution in [0.1, 0.15) is 26.7 Å². The highest BCUT2D eigenvalue weighted by Gasteiger charge is 2.05. The van der Waals surface area contributed by atoms with Gasteiger partial charge in [-0.05, 0) is 56.7 Å². The van der Waals surface area contributed by atoms with Gasteiger partial charge in [-0.1, -0.05) is 18.2 Å². The van der Waals surface area contributed by atoms with Gasteiger partial charge in [0, 0.05) is 23.8 Å². The van der Waals surface area contributed by atoms with Gasteiger partial charge in [0.2, 0.25) is 5.91 Å². The molecule has 3 amide bonds. The van der Waals surface area contributed by atoms with Gasteiger partial charge in [0.05, 0.1) is 6.61 Å². The van der Waals surface area contributed by atoms with E-state index in [1.807, 2.05) is 44.2 Å². The Hall–Kier alpha value is -3.02. The maximum Gasteiger partial charge on any atom is 0.319 e. The average molecular weight is 355 g/mol. The van der Waals surface area contributed by atoms with Gasteiger partial charge in [-0.25, -0.2) is 4.79 Å². The Labute approximate surface area is 153 Å². The van der Waals surface area contributed by atoms with Gasteiger partial charge in [-0.15, -0.1) is 0 Å². The molecule has 0 atom stereocenters.